The highest BCUT2D eigenvalue weighted by atomic mass is 16.5. The molecule has 6 heterocycles. The molecule has 9 rings (SSSR count). The van der Waals surface area contributed by atoms with E-state index in [4.69, 9.17) is 9.84 Å². The van der Waals surface area contributed by atoms with Crippen LogP contribution in [0.1, 0.15) is 28.2 Å². The lowest BCUT2D eigenvalue weighted by Crippen LogP contribution is -2.09. The Balaban J connectivity index is 0.000000182. The van der Waals surface area contributed by atoms with Crippen LogP contribution in [-0.2, 0) is 19.9 Å². The first-order chi connectivity index (χ1) is 23.9. The zero-order valence-electron chi connectivity index (χ0n) is 27.8. The number of hydrogen-bond donors (Lipinski definition) is 3. The number of nitrogens with zero attached hydrogens (tertiary/aromatic N) is 5. The van der Waals surface area contributed by atoms with Crippen molar-refractivity contribution >= 4 is 65.4 Å². The molecule has 0 saturated heterocycles. The molecule has 6 aromatic heterocycles. The van der Waals surface area contributed by atoms with Crippen LogP contribution in [-0.4, -0.2) is 46.4 Å². The lowest BCUT2D eigenvalue weighted by Gasteiger charge is -2.14. The summed E-state index contributed by atoms with van der Waals surface area (Å²) in [5.74, 6) is 0.819. The second kappa shape index (κ2) is 12.0. The van der Waals surface area contributed by atoms with Crippen LogP contribution in [0.4, 0.5) is 0 Å². The van der Waals surface area contributed by atoms with Crippen molar-refractivity contribution in [3.05, 3.63) is 120 Å². The smallest absolute Gasteiger partial charge is 0.120 e. The fourth-order valence-corrected chi connectivity index (χ4v) is 7.24. The van der Waals surface area contributed by atoms with Crippen molar-refractivity contribution in [1.82, 2.24) is 29.1 Å². The van der Waals surface area contributed by atoms with Gasteiger partial charge in [-0.3, -0.25) is 15.0 Å². The molecule has 0 aliphatic carbocycles. The van der Waals surface area contributed by atoms with Crippen molar-refractivity contribution in [2.24, 2.45) is 0 Å². The number of fused-ring (bicyclic) bond motifs is 9. The van der Waals surface area contributed by atoms with Crippen LogP contribution in [0.25, 0.3) is 65.4 Å². The van der Waals surface area contributed by atoms with E-state index in [-0.39, 0.29) is 13.2 Å². The highest BCUT2D eigenvalue weighted by Gasteiger charge is 2.19. The van der Waals surface area contributed by atoms with Gasteiger partial charge in [-0.05, 0) is 74.4 Å². The fraction of sp³-hybridized carbons (Fsp3) is 0.175. The predicted molar refractivity (Wildman–Crippen MR) is 196 cm³/mol. The van der Waals surface area contributed by atoms with Crippen LogP contribution in [0.3, 0.4) is 0 Å². The molecule has 244 valence electrons. The number of ether oxygens (including phenoxy) is 1. The molecule has 0 bridgehead atoms. The highest BCUT2D eigenvalue weighted by Crippen LogP contribution is 2.36. The maximum atomic E-state index is 9.80. The minimum atomic E-state index is 0.00427. The Morgan fingerprint density at radius 2 is 1.12 bits per heavy atom. The highest BCUT2D eigenvalue weighted by molar-refractivity contribution is 6.11. The zero-order chi connectivity index (χ0) is 33.8. The predicted octanol–water partition coefficient (Wildman–Crippen LogP) is 7.83. The molecule has 9 nitrogen and oxygen atoms in total. The molecule has 0 spiro atoms. The third-order valence-corrected chi connectivity index (χ3v) is 9.61. The van der Waals surface area contributed by atoms with E-state index < -0.39 is 0 Å². The van der Waals surface area contributed by atoms with Gasteiger partial charge in [-0.2, -0.15) is 0 Å². The average Bonchev–Trinajstić information content (AvgIpc) is 3.77. The van der Waals surface area contributed by atoms with E-state index in [0.717, 1.165) is 77.8 Å². The molecule has 0 radical (unpaired) electrons. The number of aliphatic hydroxyl groups is 2. The summed E-state index contributed by atoms with van der Waals surface area (Å²) in [6, 6.07) is 24.5. The van der Waals surface area contributed by atoms with Crippen molar-refractivity contribution in [3.8, 4) is 5.75 Å². The second-order valence-corrected chi connectivity index (χ2v) is 12.5. The van der Waals surface area contributed by atoms with E-state index >= 15 is 0 Å². The molecule has 49 heavy (non-hydrogen) atoms. The Bertz CT molecular complexity index is 2580. The monoisotopic (exact) mass is 648 g/mol. The maximum Gasteiger partial charge on any atom is 0.120 e. The molecule has 0 aliphatic rings. The number of H-pyrrole nitrogens is 1. The molecule has 0 unspecified atom stereocenters. The van der Waals surface area contributed by atoms with Gasteiger partial charge in [-0.1, -0.05) is 24.3 Å². The van der Waals surface area contributed by atoms with Crippen LogP contribution >= 0.6 is 0 Å². The summed E-state index contributed by atoms with van der Waals surface area (Å²) in [5, 5.41) is 25.9. The molecule has 0 atom stereocenters. The molecule has 0 fully saturated rings. The van der Waals surface area contributed by atoms with Gasteiger partial charge in [0.1, 0.15) is 12.4 Å². The van der Waals surface area contributed by atoms with Crippen molar-refractivity contribution < 1.29 is 14.9 Å². The van der Waals surface area contributed by atoms with Gasteiger partial charge >= 0.3 is 0 Å². The van der Waals surface area contributed by atoms with Gasteiger partial charge in [0.05, 0.1) is 65.0 Å². The normalized spacial score (nSPS) is 11.7. The van der Waals surface area contributed by atoms with E-state index in [0.29, 0.717) is 6.67 Å². The van der Waals surface area contributed by atoms with Crippen molar-refractivity contribution in [3.63, 3.8) is 0 Å². The number of aromatic amines is 1. The van der Waals surface area contributed by atoms with Gasteiger partial charge in [0.2, 0.25) is 0 Å². The number of aromatic nitrogens is 6. The number of aryl methyl sites for hydroxylation is 3. The number of aliphatic hydroxyl groups excluding tert-OH is 2. The second-order valence-electron chi connectivity index (χ2n) is 12.5. The molecule has 0 saturated carbocycles. The first-order valence-electron chi connectivity index (χ1n) is 16.3. The van der Waals surface area contributed by atoms with Crippen molar-refractivity contribution in [1.29, 1.82) is 0 Å². The van der Waals surface area contributed by atoms with Gasteiger partial charge in [-0.15, -0.1) is 0 Å². The molecule has 3 aromatic carbocycles. The lowest BCUT2D eigenvalue weighted by atomic mass is 10.1. The Kier molecular flexibility index (Phi) is 7.51. The summed E-state index contributed by atoms with van der Waals surface area (Å²) in [6.45, 7) is 6.75. The number of rotatable bonds is 5. The van der Waals surface area contributed by atoms with Crippen molar-refractivity contribution in [2.75, 3.05) is 7.11 Å². The molecule has 0 aliphatic heterocycles. The maximum absolute atomic E-state index is 9.80. The third-order valence-electron chi connectivity index (χ3n) is 9.61. The summed E-state index contributed by atoms with van der Waals surface area (Å²) in [4.78, 5) is 16.8. The first kappa shape index (κ1) is 30.6. The van der Waals surface area contributed by atoms with Gasteiger partial charge < -0.3 is 29.1 Å². The van der Waals surface area contributed by atoms with E-state index in [2.05, 4.69) is 72.4 Å². The zero-order valence-corrected chi connectivity index (χ0v) is 27.8. The topological polar surface area (TPSA) is 114 Å². The summed E-state index contributed by atoms with van der Waals surface area (Å²) in [7, 11) is 1.69. The molecule has 9 aromatic rings. The van der Waals surface area contributed by atoms with Crippen LogP contribution in [0.2, 0.25) is 0 Å². The molecular formula is C40H36N6O3. The molecule has 9 heteroatoms. The number of benzene rings is 3. The standard InChI is InChI=1S/C27H24N4O2.C13H12N2O/c1-16-26-22(8-10-28-16)20-6-4-18(14-32)12-24(20)30(26)15-31-25-13-19(33-3)5-7-21(25)23-9-11-29-17(2)27(23)31;1-8-13-11(4-5-14-8)10-3-2-9(7-16)6-12(10)15-13/h4-13,32H,14-15H2,1-3H3;2-6,15-16H,7H2,1H3. The summed E-state index contributed by atoms with van der Waals surface area (Å²) >= 11 is 0. The molecule has 0 amide bonds. The van der Waals surface area contributed by atoms with Gasteiger partial charge in [0.25, 0.3) is 0 Å². The Labute approximate surface area is 282 Å². The van der Waals surface area contributed by atoms with Gasteiger partial charge in [0, 0.05) is 62.5 Å². The van der Waals surface area contributed by atoms with E-state index in [1.54, 1.807) is 7.11 Å². The summed E-state index contributed by atoms with van der Waals surface area (Å²) in [5.41, 5.74) is 11.3. The number of methoxy groups -OCH3 is 1. The number of hydrogen-bond acceptors (Lipinski definition) is 6. The molecular weight excluding hydrogens is 612 g/mol. The average molecular weight is 649 g/mol. The Morgan fingerprint density at radius 3 is 1.73 bits per heavy atom. The van der Waals surface area contributed by atoms with Crippen LogP contribution in [0, 0.1) is 20.8 Å². The summed E-state index contributed by atoms with van der Waals surface area (Å²) in [6.07, 6.45) is 5.55. The number of nitrogens with one attached hydrogen (secondary N) is 1. The Morgan fingerprint density at radius 1 is 0.592 bits per heavy atom. The van der Waals surface area contributed by atoms with Crippen molar-refractivity contribution in [2.45, 2.75) is 40.7 Å². The quantitative estimate of drug-likeness (QED) is 0.175. The largest absolute Gasteiger partial charge is 0.497 e. The molecule has 3 N–H and O–H groups in total. The van der Waals surface area contributed by atoms with Crippen LogP contribution in [0.15, 0.2) is 91.4 Å². The minimum Gasteiger partial charge on any atom is -0.497 e. The van der Waals surface area contributed by atoms with Gasteiger partial charge in [0.15, 0.2) is 0 Å². The Hall–Kier alpha value is -5.77. The lowest BCUT2D eigenvalue weighted by molar-refractivity contribution is 0.282. The van der Waals surface area contributed by atoms with E-state index in [9.17, 15) is 5.11 Å². The van der Waals surface area contributed by atoms with Gasteiger partial charge in [-0.25, -0.2) is 0 Å². The fourth-order valence-electron chi connectivity index (χ4n) is 7.24. The van der Waals surface area contributed by atoms with E-state index in [1.165, 1.54) is 21.5 Å². The van der Waals surface area contributed by atoms with Crippen LogP contribution in [0.5, 0.6) is 5.75 Å². The van der Waals surface area contributed by atoms with E-state index in [1.807, 2.05) is 68.8 Å². The SMILES string of the molecule is COc1ccc2c3ccnc(C)c3n(Cn3c4cc(CO)ccc4c4ccnc(C)c43)c2c1.Cc1nccc2c1[nH]c1cc(CO)ccc12. The summed E-state index contributed by atoms with van der Waals surface area (Å²) < 4.78 is 10.2. The van der Waals surface area contributed by atoms with Crippen LogP contribution < -0.4 is 4.74 Å². The number of pyridine rings is 3. The minimum absolute atomic E-state index is 0.00427. The first-order valence-corrected chi connectivity index (χ1v) is 16.3. The third kappa shape index (κ3) is 4.97.